The molecule has 0 spiro atoms. The summed E-state index contributed by atoms with van der Waals surface area (Å²) in [5.74, 6) is -0.862. The summed E-state index contributed by atoms with van der Waals surface area (Å²) in [6.45, 7) is -0.199. The molecule has 1 heterocycles. The maximum absolute atomic E-state index is 12.5. The third-order valence-electron chi connectivity index (χ3n) is 5.01. The van der Waals surface area contributed by atoms with Crippen LogP contribution < -0.4 is 5.32 Å². The molecule has 1 saturated heterocycles. The van der Waals surface area contributed by atoms with Gasteiger partial charge >= 0.3 is 0 Å². The summed E-state index contributed by atoms with van der Waals surface area (Å²) in [6.07, 6.45) is 4.99. The molecule has 118 valence electrons. The molecule has 2 fully saturated rings. The van der Waals surface area contributed by atoms with E-state index in [2.05, 4.69) is 27.9 Å². The molecule has 1 aromatic rings. The fourth-order valence-electron chi connectivity index (χ4n) is 4.02. The Morgan fingerprint density at radius 3 is 2.35 bits per heavy atom. The number of carbonyl (C=O) groups is 3. The summed E-state index contributed by atoms with van der Waals surface area (Å²) in [7, 11) is 0. The third-order valence-corrected chi connectivity index (χ3v) is 5.95. The van der Waals surface area contributed by atoms with Crippen LogP contribution in [0.15, 0.2) is 36.4 Å². The van der Waals surface area contributed by atoms with Crippen LogP contribution in [-0.2, 0) is 14.4 Å². The van der Waals surface area contributed by atoms with Crippen molar-refractivity contribution in [1.82, 2.24) is 4.90 Å². The second-order valence-corrected chi connectivity index (χ2v) is 7.45. The first-order chi connectivity index (χ1) is 11.1. The van der Waals surface area contributed by atoms with E-state index in [1.807, 2.05) is 30.4 Å². The van der Waals surface area contributed by atoms with Crippen LogP contribution >= 0.6 is 22.6 Å². The first kappa shape index (κ1) is 14.9. The van der Waals surface area contributed by atoms with E-state index in [0.29, 0.717) is 5.69 Å². The van der Waals surface area contributed by atoms with Gasteiger partial charge in [-0.3, -0.25) is 19.3 Å². The van der Waals surface area contributed by atoms with Crippen LogP contribution in [0.5, 0.6) is 0 Å². The molecule has 2 bridgehead atoms. The van der Waals surface area contributed by atoms with Crippen LogP contribution in [0.1, 0.15) is 6.42 Å². The van der Waals surface area contributed by atoms with Crippen LogP contribution in [0.2, 0.25) is 0 Å². The minimum Gasteiger partial charge on any atom is -0.324 e. The lowest BCUT2D eigenvalue weighted by atomic mass is 9.85. The predicted octanol–water partition coefficient (Wildman–Crippen LogP) is 2.04. The summed E-state index contributed by atoms with van der Waals surface area (Å²) in [6, 6.07) is 7.40. The number of anilines is 1. The average molecular weight is 422 g/mol. The number of para-hydroxylation sites is 1. The highest BCUT2D eigenvalue weighted by Gasteiger charge is 2.59. The zero-order chi connectivity index (χ0) is 16.1. The van der Waals surface area contributed by atoms with E-state index in [-0.39, 0.29) is 47.9 Å². The second kappa shape index (κ2) is 5.43. The molecule has 1 aliphatic heterocycles. The van der Waals surface area contributed by atoms with Crippen LogP contribution in [0.25, 0.3) is 0 Å². The maximum atomic E-state index is 12.5. The fourth-order valence-corrected chi connectivity index (χ4v) is 4.54. The van der Waals surface area contributed by atoms with Gasteiger partial charge < -0.3 is 5.32 Å². The van der Waals surface area contributed by atoms with E-state index < -0.39 is 0 Å². The number of fused-ring (bicyclic) bond motifs is 5. The van der Waals surface area contributed by atoms with Crippen molar-refractivity contribution in [2.24, 2.45) is 23.7 Å². The minimum absolute atomic E-state index is 0.171. The molecule has 1 saturated carbocycles. The average Bonchev–Trinajstić information content (AvgIpc) is 3.19. The number of halogens is 1. The Labute approximate surface area is 147 Å². The number of likely N-dealkylation sites (tertiary alicyclic amines) is 1. The molecular formula is C17H15IN2O3. The van der Waals surface area contributed by atoms with Gasteiger partial charge in [-0.05, 0) is 53.0 Å². The van der Waals surface area contributed by atoms with E-state index >= 15 is 0 Å². The van der Waals surface area contributed by atoms with Gasteiger partial charge in [-0.2, -0.15) is 0 Å². The molecule has 23 heavy (non-hydrogen) atoms. The van der Waals surface area contributed by atoms with E-state index in [4.69, 9.17) is 0 Å². The zero-order valence-electron chi connectivity index (χ0n) is 12.2. The van der Waals surface area contributed by atoms with Crippen molar-refractivity contribution in [2.75, 3.05) is 11.9 Å². The standard InChI is InChI=1S/C17H15IN2O3/c18-11-3-1-2-4-12(11)19-13(21)8-20-16(22)14-9-5-6-10(7-9)15(14)17(20)23/h1-6,9-10,14-15H,7-8H2,(H,19,21). The lowest BCUT2D eigenvalue weighted by molar-refractivity contribution is -0.143. The number of benzene rings is 1. The van der Waals surface area contributed by atoms with Gasteiger partial charge in [0.25, 0.3) is 0 Å². The molecular weight excluding hydrogens is 407 g/mol. The monoisotopic (exact) mass is 422 g/mol. The largest absolute Gasteiger partial charge is 0.324 e. The number of nitrogens with zero attached hydrogens (tertiary/aromatic N) is 1. The first-order valence-electron chi connectivity index (χ1n) is 7.64. The van der Waals surface area contributed by atoms with Crippen molar-refractivity contribution in [3.63, 3.8) is 0 Å². The number of carbonyl (C=O) groups excluding carboxylic acids is 3. The molecule has 5 nitrogen and oxygen atoms in total. The third kappa shape index (κ3) is 2.31. The van der Waals surface area contributed by atoms with E-state index in [9.17, 15) is 14.4 Å². The Kier molecular flexibility index (Phi) is 3.51. The molecule has 4 atom stereocenters. The highest BCUT2D eigenvalue weighted by molar-refractivity contribution is 14.1. The Balaban J connectivity index is 1.48. The summed E-state index contributed by atoms with van der Waals surface area (Å²) < 4.78 is 0.914. The van der Waals surface area contributed by atoms with Crippen molar-refractivity contribution >= 4 is 46.0 Å². The second-order valence-electron chi connectivity index (χ2n) is 6.29. The molecule has 3 amide bonds. The summed E-state index contributed by atoms with van der Waals surface area (Å²) in [5.41, 5.74) is 0.694. The van der Waals surface area contributed by atoms with E-state index in [1.165, 1.54) is 0 Å². The van der Waals surface area contributed by atoms with Crippen molar-refractivity contribution in [2.45, 2.75) is 6.42 Å². The maximum Gasteiger partial charge on any atom is 0.244 e. The number of hydrogen-bond acceptors (Lipinski definition) is 3. The molecule has 1 aromatic carbocycles. The molecule has 0 radical (unpaired) electrons. The number of rotatable bonds is 3. The summed E-state index contributed by atoms with van der Waals surface area (Å²) in [4.78, 5) is 38.4. The molecule has 0 aromatic heterocycles. The fraction of sp³-hybridized carbons (Fsp3) is 0.353. The zero-order valence-corrected chi connectivity index (χ0v) is 14.4. The Morgan fingerprint density at radius 1 is 1.13 bits per heavy atom. The van der Waals surface area contributed by atoms with Crippen molar-refractivity contribution in [3.8, 4) is 0 Å². The van der Waals surface area contributed by atoms with Gasteiger partial charge in [-0.1, -0.05) is 24.3 Å². The Morgan fingerprint density at radius 2 is 1.74 bits per heavy atom. The van der Waals surface area contributed by atoms with Gasteiger partial charge in [0.2, 0.25) is 17.7 Å². The number of allylic oxidation sites excluding steroid dienone is 2. The van der Waals surface area contributed by atoms with Gasteiger partial charge in [0.05, 0.1) is 17.5 Å². The normalized spacial score (nSPS) is 30.9. The smallest absolute Gasteiger partial charge is 0.244 e. The van der Waals surface area contributed by atoms with Crippen LogP contribution in [0, 0.1) is 27.2 Å². The van der Waals surface area contributed by atoms with Crippen LogP contribution in [-0.4, -0.2) is 29.2 Å². The van der Waals surface area contributed by atoms with Gasteiger partial charge in [0.15, 0.2) is 0 Å². The number of hydrogen-bond donors (Lipinski definition) is 1. The molecule has 1 N–H and O–H groups in total. The highest BCUT2D eigenvalue weighted by Crippen LogP contribution is 2.52. The molecule has 6 heteroatoms. The summed E-state index contributed by atoms with van der Waals surface area (Å²) >= 11 is 2.13. The van der Waals surface area contributed by atoms with E-state index in [0.717, 1.165) is 14.9 Å². The van der Waals surface area contributed by atoms with Gasteiger partial charge in [0.1, 0.15) is 6.54 Å². The minimum atomic E-state index is -0.337. The van der Waals surface area contributed by atoms with Crippen molar-refractivity contribution in [1.29, 1.82) is 0 Å². The quantitative estimate of drug-likeness (QED) is 0.461. The molecule has 4 unspecified atom stereocenters. The van der Waals surface area contributed by atoms with E-state index in [1.54, 1.807) is 6.07 Å². The lowest BCUT2D eigenvalue weighted by Crippen LogP contribution is -2.39. The van der Waals surface area contributed by atoms with Crippen molar-refractivity contribution < 1.29 is 14.4 Å². The lowest BCUT2D eigenvalue weighted by Gasteiger charge is -2.17. The Hall–Kier alpha value is -1.70. The highest BCUT2D eigenvalue weighted by atomic mass is 127. The number of nitrogens with one attached hydrogen (secondary N) is 1. The first-order valence-corrected chi connectivity index (χ1v) is 8.72. The SMILES string of the molecule is O=C(CN1C(=O)C2C3C=CC(C3)C2C1=O)Nc1ccccc1I. The van der Waals surface area contributed by atoms with Gasteiger partial charge in [-0.25, -0.2) is 0 Å². The number of imide groups is 1. The topological polar surface area (TPSA) is 66.5 Å². The van der Waals surface area contributed by atoms with Crippen LogP contribution in [0.3, 0.4) is 0 Å². The molecule has 2 aliphatic carbocycles. The van der Waals surface area contributed by atoms with Crippen LogP contribution in [0.4, 0.5) is 5.69 Å². The Bertz CT molecular complexity index is 715. The molecule has 4 rings (SSSR count). The van der Waals surface area contributed by atoms with Gasteiger partial charge in [-0.15, -0.1) is 0 Å². The van der Waals surface area contributed by atoms with Gasteiger partial charge in [0, 0.05) is 3.57 Å². The predicted molar refractivity (Wildman–Crippen MR) is 92.2 cm³/mol. The van der Waals surface area contributed by atoms with Crippen molar-refractivity contribution in [3.05, 3.63) is 40.0 Å². The number of amides is 3. The summed E-state index contributed by atoms with van der Waals surface area (Å²) in [5, 5.41) is 2.77. The molecule has 3 aliphatic rings.